The molecule has 0 atom stereocenters. The summed E-state index contributed by atoms with van der Waals surface area (Å²) in [7, 11) is 1.71. The largest absolute Gasteiger partial charge is 0.504 e. The number of hydrogen-bond donors (Lipinski definition) is 3. The lowest BCUT2D eigenvalue weighted by Crippen LogP contribution is -2.10. The molecule has 7 nitrogen and oxygen atoms in total. The zero-order chi connectivity index (χ0) is 18.4. The van der Waals surface area contributed by atoms with E-state index >= 15 is 0 Å². The van der Waals surface area contributed by atoms with Gasteiger partial charge in [-0.25, -0.2) is 4.98 Å². The topological polar surface area (TPSA) is 110 Å². The molecule has 0 unspecified atom stereocenters. The molecule has 0 aliphatic carbocycles. The number of aryl methyl sites for hydroxylation is 1. The number of aromatic amines is 1. The van der Waals surface area contributed by atoms with Gasteiger partial charge in [0.2, 0.25) is 5.91 Å². The van der Waals surface area contributed by atoms with E-state index in [9.17, 15) is 9.90 Å². The van der Waals surface area contributed by atoms with E-state index in [1.807, 2.05) is 6.07 Å². The van der Waals surface area contributed by atoms with Crippen LogP contribution in [0.5, 0.6) is 5.75 Å². The van der Waals surface area contributed by atoms with Gasteiger partial charge in [-0.1, -0.05) is 23.7 Å². The third kappa shape index (κ3) is 2.58. The molecule has 0 bridgehead atoms. The standard InChI is InChI=1S/C18H14ClN5O2/c1-24-15(16(25)14(23-24)9-3-2-4-11(19)7-9)18-21-12-6-5-10(17(20)26)8-13(12)22-18/h2-8,25H,1H3,(H2,20,26)(H,21,22). The molecule has 4 N–H and O–H groups in total. The molecule has 1 amide bonds. The van der Waals surface area contributed by atoms with Crippen LogP contribution in [0, 0.1) is 0 Å². The molecule has 0 saturated carbocycles. The maximum absolute atomic E-state index is 11.3. The Kier molecular flexibility index (Phi) is 3.66. The normalized spacial score (nSPS) is 11.2. The first-order valence-corrected chi connectivity index (χ1v) is 8.13. The van der Waals surface area contributed by atoms with Crippen LogP contribution in [0.2, 0.25) is 5.02 Å². The summed E-state index contributed by atoms with van der Waals surface area (Å²) >= 11 is 6.03. The summed E-state index contributed by atoms with van der Waals surface area (Å²) in [5.74, 6) is -0.0963. The van der Waals surface area contributed by atoms with E-state index in [1.165, 1.54) is 4.68 Å². The molecule has 0 radical (unpaired) electrons. The van der Waals surface area contributed by atoms with E-state index in [1.54, 1.807) is 43.4 Å². The Balaban J connectivity index is 1.86. The highest BCUT2D eigenvalue weighted by Crippen LogP contribution is 2.37. The number of aromatic hydroxyl groups is 1. The van der Waals surface area contributed by atoms with Crippen molar-refractivity contribution < 1.29 is 9.90 Å². The van der Waals surface area contributed by atoms with Crippen molar-refractivity contribution in [2.75, 3.05) is 0 Å². The summed E-state index contributed by atoms with van der Waals surface area (Å²) in [4.78, 5) is 18.9. The van der Waals surface area contributed by atoms with Gasteiger partial charge in [-0.3, -0.25) is 9.48 Å². The second-order valence-electron chi connectivity index (χ2n) is 5.86. The van der Waals surface area contributed by atoms with Crippen molar-refractivity contribution in [1.82, 2.24) is 19.7 Å². The molecule has 130 valence electrons. The third-order valence-corrected chi connectivity index (χ3v) is 4.35. The van der Waals surface area contributed by atoms with Crippen molar-refractivity contribution in [3.63, 3.8) is 0 Å². The number of H-pyrrole nitrogens is 1. The highest BCUT2D eigenvalue weighted by Gasteiger charge is 2.21. The SMILES string of the molecule is Cn1nc(-c2cccc(Cl)c2)c(O)c1-c1nc2ccc(C(N)=O)cc2[nH]1. The highest BCUT2D eigenvalue weighted by molar-refractivity contribution is 6.30. The van der Waals surface area contributed by atoms with Crippen molar-refractivity contribution in [1.29, 1.82) is 0 Å². The number of imidazole rings is 1. The quantitative estimate of drug-likeness (QED) is 0.516. The summed E-state index contributed by atoms with van der Waals surface area (Å²) in [5.41, 5.74) is 8.51. The molecule has 2 heterocycles. The predicted octanol–water partition coefficient (Wildman–Crippen LogP) is 3.09. The number of benzene rings is 2. The van der Waals surface area contributed by atoms with Gasteiger partial charge in [0.15, 0.2) is 11.6 Å². The van der Waals surface area contributed by atoms with Crippen LogP contribution in [0.3, 0.4) is 0 Å². The Morgan fingerprint density at radius 2 is 2.08 bits per heavy atom. The Morgan fingerprint density at radius 3 is 2.81 bits per heavy atom. The van der Waals surface area contributed by atoms with E-state index in [4.69, 9.17) is 17.3 Å². The van der Waals surface area contributed by atoms with Gasteiger partial charge in [0.05, 0.1) is 11.0 Å². The number of carbonyl (C=O) groups excluding carboxylic acids is 1. The molecule has 0 saturated heterocycles. The second-order valence-corrected chi connectivity index (χ2v) is 6.30. The molecule has 0 aliphatic rings. The fraction of sp³-hybridized carbons (Fsp3) is 0.0556. The maximum atomic E-state index is 11.3. The third-order valence-electron chi connectivity index (χ3n) is 4.11. The molecule has 2 aromatic carbocycles. The van der Waals surface area contributed by atoms with Gasteiger partial charge in [0, 0.05) is 23.2 Å². The predicted molar refractivity (Wildman–Crippen MR) is 98.9 cm³/mol. The molecular formula is C18H14ClN5O2. The van der Waals surface area contributed by atoms with Gasteiger partial charge in [0.25, 0.3) is 0 Å². The Morgan fingerprint density at radius 1 is 1.27 bits per heavy atom. The van der Waals surface area contributed by atoms with Crippen LogP contribution in [0.4, 0.5) is 0 Å². The first-order chi connectivity index (χ1) is 12.4. The van der Waals surface area contributed by atoms with Crippen LogP contribution < -0.4 is 5.73 Å². The fourth-order valence-electron chi connectivity index (χ4n) is 2.88. The lowest BCUT2D eigenvalue weighted by Gasteiger charge is -1.99. The molecule has 4 aromatic rings. The molecule has 0 spiro atoms. The summed E-state index contributed by atoms with van der Waals surface area (Å²) in [6, 6.07) is 12.0. The highest BCUT2D eigenvalue weighted by atomic mass is 35.5. The van der Waals surface area contributed by atoms with E-state index in [-0.39, 0.29) is 5.75 Å². The summed E-state index contributed by atoms with van der Waals surface area (Å²) in [6.07, 6.45) is 0. The van der Waals surface area contributed by atoms with Gasteiger partial charge in [-0.2, -0.15) is 5.10 Å². The van der Waals surface area contributed by atoms with Crippen molar-refractivity contribution in [3.05, 3.63) is 53.1 Å². The lowest BCUT2D eigenvalue weighted by atomic mass is 10.1. The van der Waals surface area contributed by atoms with Gasteiger partial charge >= 0.3 is 0 Å². The molecule has 4 rings (SSSR count). The second kappa shape index (κ2) is 5.89. The van der Waals surface area contributed by atoms with Crippen LogP contribution in [-0.4, -0.2) is 30.8 Å². The van der Waals surface area contributed by atoms with Crippen molar-refractivity contribution in [3.8, 4) is 28.5 Å². The summed E-state index contributed by atoms with van der Waals surface area (Å²) < 4.78 is 1.54. The number of fused-ring (bicyclic) bond motifs is 1. The van der Waals surface area contributed by atoms with Gasteiger partial charge in [0.1, 0.15) is 11.4 Å². The van der Waals surface area contributed by atoms with Crippen molar-refractivity contribution in [2.24, 2.45) is 12.8 Å². The van der Waals surface area contributed by atoms with Crippen LogP contribution in [0.25, 0.3) is 33.8 Å². The monoisotopic (exact) mass is 367 g/mol. The van der Waals surface area contributed by atoms with Gasteiger partial charge in [-0.15, -0.1) is 0 Å². The number of halogens is 1. The average molecular weight is 368 g/mol. The minimum absolute atomic E-state index is 0.0102. The fourth-order valence-corrected chi connectivity index (χ4v) is 3.07. The number of nitrogens with one attached hydrogen (secondary N) is 1. The number of aromatic nitrogens is 4. The number of rotatable bonds is 3. The number of primary amides is 1. The van der Waals surface area contributed by atoms with Crippen molar-refractivity contribution in [2.45, 2.75) is 0 Å². The van der Waals surface area contributed by atoms with E-state index in [0.717, 1.165) is 0 Å². The maximum Gasteiger partial charge on any atom is 0.248 e. The summed E-state index contributed by atoms with van der Waals surface area (Å²) in [6.45, 7) is 0. The van der Waals surface area contributed by atoms with Crippen molar-refractivity contribution >= 4 is 28.5 Å². The van der Waals surface area contributed by atoms with Gasteiger partial charge in [-0.05, 0) is 30.3 Å². The van der Waals surface area contributed by atoms with Crippen LogP contribution in [0.1, 0.15) is 10.4 Å². The summed E-state index contributed by atoms with van der Waals surface area (Å²) in [5, 5.41) is 15.7. The zero-order valence-corrected chi connectivity index (χ0v) is 14.4. The smallest absolute Gasteiger partial charge is 0.248 e. The number of amides is 1. The number of nitrogens with two attached hydrogens (primary N) is 1. The first-order valence-electron chi connectivity index (χ1n) is 7.76. The van der Waals surface area contributed by atoms with E-state index < -0.39 is 5.91 Å². The van der Waals surface area contributed by atoms with Crippen LogP contribution >= 0.6 is 11.6 Å². The van der Waals surface area contributed by atoms with Crippen LogP contribution in [-0.2, 0) is 7.05 Å². The molecule has 26 heavy (non-hydrogen) atoms. The number of nitrogens with zero attached hydrogens (tertiary/aromatic N) is 3. The zero-order valence-electron chi connectivity index (χ0n) is 13.7. The lowest BCUT2D eigenvalue weighted by molar-refractivity contribution is 0.100. The minimum Gasteiger partial charge on any atom is -0.504 e. The Bertz CT molecular complexity index is 1160. The number of carbonyl (C=O) groups is 1. The molecular weight excluding hydrogens is 354 g/mol. The Labute approximate surface area is 153 Å². The van der Waals surface area contributed by atoms with E-state index in [2.05, 4.69) is 15.1 Å². The first kappa shape index (κ1) is 16.2. The van der Waals surface area contributed by atoms with Gasteiger partial charge < -0.3 is 15.8 Å². The molecule has 8 heteroatoms. The molecule has 0 aliphatic heterocycles. The minimum atomic E-state index is -0.519. The number of hydrogen-bond acceptors (Lipinski definition) is 4. The average Bonchev–Trinajstić information content (AvgIpc) is 3.14. The molecule has 2 aromatic heterocycles. The van der Waals surface area contributed by atoms with E-state index in [0.29, 0.717) is 44.4 Å². The Hall–Kier alpha value is -3.32. The van der Waals surface area contributed by atoms with Crippen LogP contribution in [0.15, 0.2) is 42.5 Å². The molecule has 0 fully saturated rings.